The zero-order chi connectivity index (χ0) is 23.5. The van der Waals surface area contributed by atoms with E-state index in [1.807, 2.05) is 0 Å². The number of carbonyl (C=O) groups excluding carboxylic acids is 2. The van der Waals surface area contributed by atoms with E-state index in [1.54, 1.807) is 36.4 Å². The molecule has 0 unspecified atom stereocenters. The molecule has 4 rings (SSSR count). The number of imide groups is 1. The third-order valence-corrected chi connectivity index (χ3v) is 7.93. The number of hydrogen-bond acceptors (Lipinski definition) is 4. The van der Waals surface area contributed by atoms with E-state index in [0.717, 1.165) is 43.0 Å². The molecule has 2 aliphatic rings. The molecule has 1 heterocycles. The van der Waals surface area contributed by atoms with Gasteiger partial charge >= 0.3 is 0 Å². The van der Waals surface area contributed by atoms with Gasteiger partial charge in [0.05, 0.1) is 25.0 Å². The largest absolute Gasteiger partial charge is 0.486 e. The van der Waals surface area contributed by atoms with Crippen LogP contribution in [0.1, 0.15) is 43.2 Å². The monoisotopic (exact) mass is 543 g/mol. The molecule has 0 radical (unpaired) electrons. The summed E-state index contributed by atoms with van der Waals surface area (Å²) in [4.78, 5) is 27.0. The van der Waals surface area contributed by atoms with E-state index in [1.165, 1.54) is 11.3 Å². The number of hydrogen-bond donors (Lipinski definition) is 0. The number of ether oxygens (including phenoxy) is 1. The number of rotatable bonds is 6. The van der Waals surface area contributed by atoms with E-state index < -0.39 is 0 Å². The van der Waals surface area contributed by atoms with Gasteiger partial charge in [-0.2, -0.15) is 0 Å². The van der Waals surface area contributed by atoms with Crippen LogP contribution in [0.5, 0.6) is 5.75 Å². The first-order valence-corrected chi connectivity index (χ1v) is 13.0. The summed E-state index contributed by atoms with van der Waals surface area (Å²) in [5, 5.41) is 1.27. The maximum absolute atomic E-state index is 12.8. The zero-order valence-corrected chi connectivity index (χ0v) is 21.4. The van der Waals surface area contributed by atoms with E-state index in [-0.39, 0.29) is 17.8 Å². The molecule has 0 atom stereocenters. The smallest absolute Gasteiger partial charge is 0.293 e. The van der Waals surface area contributed by atoms with E-state index in [2.05, 4.69) is 0 Å². The van der Waals surface area contributed by atoms with E-state index >= 15 is 0 Å². The second-order valence-electron chi connectivity index (χ2n) is 8.15. The van der Waals surface area contributed by atoms with Gasteiger partial charge in [-0.3, -0.25) is 14.5 Å². The van der Waals surface area contributed by atoms with Gasteiger partial charge in [-0.1, -0.05) is 71.7 Å². The highest BCUT2D eigenvalue weighted by Crippen LogP contribution is 2.38. The summed E-state index contributed by atoms with van der Waals surface area (Å²) in [5.41, 5.74) is 1.43. The predicted molar refractivity (Wildman–Crippen MR) is 137 cm³/mol. The van der Waals surface area contributed by atoms with Gasteiger partial charge in [0.15, 0.2) is 5.75 Å². The van der Waals surface area contributed by atoms with Crippen LogP contribution in [0.3, 0.4) is 0 Å². The minimum atomic E-state index is -0.261. The molecule has 1 aliphatic heterocycles. The first-order valence-electron chi connectivity index (χ1n) is 10.6. The average molecular weight is 545 g/mol. The van der Waals surface area contributed by atoms with Crippen molar-refractivity contribution < 1.29 is 14.3 Å². The van der Waals surface area contributed by atoms with Gasteiger partial charge in [0.1, 0.15) is 6.61 Å². The average Bonchev–Trinajstić information content (AvgIpc) is 3.03. The van der Waals surface area contributed by atoms with Gasteiger partial charge in [0.25, 0.3) is 11.1 Å². The molecule has 1 saturated heterocycles. The van der Waals surface area contributed by atoms with Crippen molar-refractivity contribution in [3.8, 4) is 5.75 Å². The molecule has 0 N–H and O–H groups in total. The number of halogens is 4. The Hall–Kier alpha value is -1.37. The normalized spacial score (nSPS) is 18.4. The molecule has 1 saturated carbocycles. The van der Waals surface area contributed by atoms with Crippen LogP contribution in [0.25, 0.3) is 6.08 Å². The molecule has 0 bridgehead atoms. The molecule has 9 heteroatoms. The minimum Gasteiger partial charge on any atom is -0.486 e. The minimum absolute atomic E-state index is 0.204. The van der Waals surface area contributed by atoms with E-state index in [9.17, 15) is 9.59 Å². The molecular formula is C24H21Cl4NO3S. The molecule has 174 valence electrons. The number of carbonyl (C=O) groups is 2. The van der Waals surface area contributed by atoms with Crippen molar-refractivity contribution in [2.75, 3.05) is 6.54 Å². The molecule has 2 fully saturated rings. The second-order valence-corrected chi connectivity index (χ2v) is 10.8. The number of thioether (sulfide) groups is 1. The zero-order valence-electron chi connectivity index (χ0n) is 17.6. The summed E-state index contributed by atoms with van der Waals surface area (Å²) in [6, 6.07) is 8.52. The fourth-order valence-corrected chi connectivity index (χ4v) is 5.80. The summed E-state index contributed by atoms with van der Waals surface area (Å²) in [6.07, 6.45) is 7.32. The summed E-state index contributed by atoms with van der Waals surface area (Å²) >= 11 is 25.8. The third-order valence-electron chi connectivity index (χ3n) is 5.72. The van der Waals surface area contributed by atoms with Crippen LogP contribution >= 0.6 is 58.2 Å². The van der Waals surface area contributed by atoms with Crippen LogP contribution in [0.4, 0.5) is 4.79 Å². The lowest BCUT2D eigenvalue weighted by Gasteiger charge is -2.25. The SMILES string of the molecule is O=C1S/C(=C/c2cc(Cl)c(OCc3ccc(Cl)c(Cl)c3)c(Cl)c2)C(=O)N1CC1CCCCC1. The van der Waals surface area contributed by atoms with Crippen molar-refractivity contribution in [2.45, 2.75) is 38.7 Å². The molecule has 0 aromatic heterocycles. The van der Waals surface area contributed by atoms with Gasteiger partial charge in [-0.15, -0.1) is 0 Å². The van der Waals surface area contributed by atoms with Crippen molar-refractivity contribution in [1.29, 1.82) is 0 Å². The topological polar surface area (TPSA) is 46.6 Å². The first kappa shape index (κ1) is 24.7. The van der Waals surface area contributed by atoms with Gasteiger partial charge in [0.2, 0.25) is 0 Å². The van der Waals surface area contributed by atoms with Crippen LogP contribution in [-0.2, 0) is 11.4 Å². The van der Waals surface area contributed by atoms with Crippen LogP contribution in [0.2, 0.25) is 20.1 Å². The highest BCUT2D eigenvalue weighted by atomic mass is 35.5. The molecule has 2 aromatic carbocycles. The van der Waals surface area contributed by atoms with E-state index in [4.69, 9.17) is 51.1 Å². The summed E-state index contributed by atoms with van der Waals surface area (Å²) in [5.74, 6) is 0.456. The fraction of sp³-hybridized carbons (Fsp3) is 0.333. The van der Waals surface area contributed by atoms with Crippen LogP contribution in [-0.4, -0.2) is 22.6 Å². The lowest BCUT2D eigenvalue weighted by molar-refractivity contribution is -0.123. The molecule has 2 aromatic rings. The molecule has 33 heavy (non-hydrogen) atoms. The maximum atomic E-state index is 12.8. The Morgan fingerprint density at radius 3 is 2.30 bits per heavy atom. The first-order chi connectivity index (χ1) is 15.8. The molecule has 1 aliphatic carbocycles. The Balaban J connectivity index is 1.46. The van der Waals surface area contributed by atoms with Crippen molar-refractivity contribution in [3.05, 3.63) is 66.5 Å². The molecule has 2 amide bonds. The van der Waals surface area contributed by atoms with Crippen LogP contribution in [0.15, 0.2) is 35.2 Å². The fourth-order valence-electron chi connectivity index (χ4n) is 4.02. The predicted octanol–water partition coefficient (Wildman–Crippen LogP) is 8.50. The standard InChI is InChI=1S/C24H21Cl4NO3S/c25-17-7-6-15(8-18(17)26)13-32-22-19(27)9-16(10-20(22)28)11-21-23(30)29(24(31)33-21)12-14-4-2-1-3-5-14/h6-11,14H,1-5,12-13H2/b21-11+. The second kappa shape index (κ2) is 10.9. The van der Waals surface area contributed by atoms with Gasteiger partial charge in [-0.05, 0) is 72.0 Å². The number of nitrogens with zero attached hydrogens (tertiary/aromatic N) is 1. The van der Waals surface area contributed by atoms with Crippen molar-refractivity contribution >= 4 is 75.4 Å². The Labute approximate surface area is 217 Å². The van der Waals surface area contributed by atoms with Crippen molar-refractivity contribution in [3.63, 3.8) is 0 Å². The Bertz CT molecular complexity index is 1090. The Morgan fingerprint density at radius 1 is 0.939 bits per heavy atom. The Morgan fingerprint density at radius 2 is 1.64 bits per heavy atom. The van der Waals surface area contributed by atoms with Gasteiger partial charge in [-0.25, -0.2) is 0 Å². The van der Waals surface area contributed by atoms with Crippen molar-refractivity contribution in [1.82, 2.24) is 4.90 Å². The number of benzene rings is 2. The van der Waals surface area contributed by atoms with Gasteiger partial charge in [0, 0.05) is 6.54 Å². The molecule has 4 nitrogen and oxygen atoms in total. The molecular weight excluding hydrogens is 524 g/mol. The van der Waals surface area contributed by atoms with Crippen LogP contribution < -0.4 is 4.74 Å². The number of amides is 2. The summed E-state index contributed by atoms with van der Waals surface area (Å²) in [6.45, 7) is 0.695. The maximum Gasteiger partial charge on any atom is 0.293 e. The summed E-state index contributed by atoms with van der Waals surface area (Å²) < 4.78 is 5.79. The molecule has 0 spiro atoms. The van der Waals surface area contributed by atoms with Gasteiger partial charge < -0.3 is 4.74 Å². The van der Waals surface area contributed by atoms with E-state index in [0.29, 0.717) is 48.8 Å². The Kier molecular flexibility index (Phi) is 8.19. The van der Waals surface area contributed by atoms with Crippen LogP contribution in [0, 0.1) is 5.92 Å². The highest BCUT2D eigenvalue weighted by molar-refractivity contribution is 8.18. The lowest BCUT2D eigenvalue weighted by Crippen LogP contribution is -2.34. The summed E-state index contributed by atoms with van der Waals surface area (Å²) in [7, 11) is 0. The quantitative estimate of drug-likeness (QED) is 0.342. The third kappa shape index (κ3) is 6.01. The van der Waals surface area contributed by atoms with Crippen molar-refractivity contribution in [2.24, 2.45) is 5.92 Å². The lowest BCUT2D eigenvalue weighted by atomic mass is 9.89. The highest BCUT2D eigenvalue weighted by Gasteiger charge is 2.36.